The first-order valence-corrected chi connectivity index (χ1v) is 9.53. The van der Waals surface area contributed by atoms with Crippen molar-refractivity contribution >= 4 is 53.2 Å². The molecular formula is C20H22Cl2O8. The third-order valence-electron chi connectivity index (χ3n) is 3.49. The molecular weight excluding hydrogens is 439 g/mol. The molecule has 0 saturated carbocycles. The number of benzene rings is 1. The summed E-state index contributed by atoms with van der Waals surface area (Å²) in [7, 11) is 0. The van der Waals surface area contributed by atoms with Gasteiger partial charge in [0.15, 0.2) is 18.3 Å². The summed E-state index contributed by atoms with van der Waals surface area (Å²) in [6.45, 7) is 4.18. The minimum Gasteiger partial charge on any atom is -0.462 e. The summed E-state index contributed by atoms with van der Waals surface area (Å²) in [6.07, 6.45) is -0.770. The molecule has 0 radical (unpaired) electrons. The van der Waals surface area contributed by atoms with Crippen molar-refractivity contribution in [2.75, 3.05) is 6.61 Å². The summed E-state index contributed by atoms with van der Waals surface area (Å²) in [6, 6.07) is 4.77. The van der Waals surface area contributed by atoms with Gasteiger partial charge >= 0.3 is 23.9 Å². The number of carbonyl (C=O) groups is 4. The van der Waals surface area contributed by atoms with Gasteiger partial charge in [-0.05, 0) is 23.8 Å². The lowest BCUT2D eigenvalue weighted by Gasteiger charge is -2.30. The van der Waals surface area contributed by atoms with Crippen LogP contribution in [-0.4, -0.2) is 48.8 Å². The van der Waals surface area contributed by atoms with Crippen molar-refractivity contribution in [1.29, 1.82) is 0 Å². The number of carbonyl (C=O) groups excluding carboxylic acids is 4. The van der Waals surface area contributed by atoms with E-state index in [2.05, 4.69) is 0 Å². The van der Waals surface area contributed by atoms with Crippen LogP contribution in [0.25, 0.3) is 6.08 Å². The maximum Gasteiger partial charge on any atom is 0.303 e. The third-order valence-corrected chi connectivity index (χ3v) is 4.05. The second-order valence-electron chi connectivity index (χ2n) is 6.12. The van der Waals surface area contributed by atoms with Gasteiger partial charge < -0.3 is 18.9 Å². The molecule has 0 N–H and O–H groups in total. The Bertz CT molecular complexity index is 821. The predicted molar refractivity (Wildman–Crippen MR) is 109 cm³/mol. The molecule has 0 bridgehead atoms. The van der Waals surface area contributed by atoms with Gasteiger partial charge in [0.2, 0.25) is 0 Å². The largest absolute Gasteiger partial charge is 0.462 e. The van der Waals surface area contributed by atoms with Gasteiger partial charge in [-0.25, -0.2) is 0 Å². The molecule has 164 valence electrons. The van der Waals surface area contributed by atoms with E-state index in [-0.39, 0.29) is 0 Å². The molecule has 0 aliphatic rings. The molecule has 0 unspecified atom stereocenters. The highest BCUT2D eigenvalue weighted by Crippen LogP contribution is 2.23. The molecule has 0 saturated heterocycles. The van der Waals surface area contributed by atoms with Crippen molar-refractivity contribution in [3.8, 4) is 0 Å². The van der Waals surface area contributed by atoms with Crippen LogP contribution in [0.1, 0.15) is 33.3 Å². The van der Waals surface area contributed by atoms with Crippen LogP contribution in [0.3, 0.4) is 0 Å². The van der Waals surface area contributed by atoms with E-state index in [9.17, 15) is 19.2 Å². The predicted octanol–water partition coefficient (Wildman–Crippen LogP) is 3.36. The van der Waals surface area contributed by atoms with Gasteiger partial charge in [0.1, 0.15) is 6.61 Å². The highest BCUT2D eigenvalue weighted by atomic mass is 35.5. The van der Waals surface area contributed by atoms with Crippen molar-refractivity contribution in [2.45, 2.75) is 46.0 Å². The zero-order chi connectivity index (χ0) is 22.8. The van der Waals surface area contributed by atoms with Crippen LogP contribution in [0.2, 0.25) is 10.0 Å². The van der Waals surface area contributed by atoms with E-state index in [4.69, 9.17) is 42.1 Å². The molecule has 0 amide bonds. The van der Waals surface area contributed by atoms with Crippen molar-refractivity contribution in [1.82, 2.24) is 0 Å². The number of rotatable bonds is 9. The molecule has 0 fully saturated rings. The van der Waals surface area contributed by atoms with E-state index >= 15 is 0 Å². The van der Waals surface area contributed by atoms with Gasteiger partial charge in [0, 0.05) is 37.7 Å². The Hall–Kier alpha value is -2.58. The quantitative estimate of drug-likeness (QED) is 0.407. The van der Waals surface area contributed by atoms with Crippen LogP contribution in [0.5, 0.6) is 0 Å². The van der Waals surface area contributed by atoms with Crippen LogP contribution >= 0.6 is 23.2 Å². The maximum absolute atomic E-state index is 11.7. The van der Waals surface area contributed by atoms with E-state index in [1.807, 2.05) is 0 Å². The van der Waals surface area contributed by atoms with Crippen molar-refractivity contribution in [3.63, 3.8) is 0 Å². The monoisotopic (exact) mass is 460 g/mol. The number of halogens is 2. The van der Waals surface area contributed by atoms with Crippen LogP contribution in [0.4, 0.5) is 0 Å². The fourth-order valence-corrected chi connectivity index (χ4v) is 2.87. The number of ether oxygens (including phenoxy) is 4. The zero-order valence-corrected chi connectivity index (χ0v) is 18.4. The molecule has 0 heterocycles. The molecule has 30 heavy (non-hydrogen) atoms. The lowest BCUT2D eigenvalue weighted by molar-refractivity contribution is -0.185. The van der Waals surface area contributed by atoms with Crippen LogP contribution < -0.4 is 0 Å². The minimum atomic E-state index is -1.29. The molecule has 1 aromatic rings. The van der Waals surface area contributed by atoms with Gasteiger partial charge in [-0.1, -0.05) is 35.3 Å². The highest BCUT2D eigenvalue weighted by Gasteiger charge is 2.36. The molecule has 0 spiro atoms. The molecule has 0 aromatic heterocycles. The Morgan fingerprint density at radius 2 is 1.50 bits per heavy atom. The fraction of sp³-hybridized carbons (Fsp3) is 0.400. The molecule has 3 atom stereocenters. The summed E-state index contributed by atoms with van der Waals surface area (Å²) < 4.78 is 20.6. The van der Waals surface area contributed by atoms with Crippen LogP contribution in [0, 0.1) is 0 Å². The van der Waals surface area contributed by atoms with E-state index in [0.717, 1.165) is 27.7 Å². The summed E-state index contributed by atoms with van der Waals surface area (Å²) >= 11 is 12.0. The minimum absolute atomic E-state index is 0.334. The SMILES string of the molecule is CC(=O)OC[C@H](OC(C)=O)[C@@H](OC(C)=O)[C@@H](/C=C/c1ccc(Cl)cc1Cl)OC(C)=O. The zero-order valence-electron chi connectivity index (χ0n) is 16.8. The second kappa shape index (κ2) is 12.2. The van der Waals surface area contributed by atoms with Crippen molar-refractivity contribution in [2.24, 2.45) is 0 Å². The number of hydrogen-bond donors (Lipinski definition) is 0. The van der Waals surface area contributed by atoms with Crippen LogP contribution in [0.15, 0.2) is 24.3 Å². The Kier molecular flexibility index (Phi) is 10.3. The van der Waals surface area contributed by atoms with Crippen molar-refractivity contribution in [3.05, 3.63) is 39.9 Å². The van der Waals surface area contributed by atoms with Gasteiger partial charge in [-0.15, -0.1) is 0 Å². The normalized spacial score (nSPS) is 13.8. The second-order valence-corrected chi connectivity index (χ2v) is 6.97. The Labute approximate surface area is 184 Å². The first kappa shape index (κ1) is 25.5. The first-order chi connectivity index (χ1) is 14.0. The fourth-order valence-electron chi connectivity index (χ4n) is 2.40. The Morgan fingerprint density at radius 1 is 0.900 bits per heavy atom. The summed E-state index contributed by atoms with van der Waals surface area (Å²) in [5.74, 6) is -2.76. The van der Waals surface area contributed by atoms with E-state index < -0.39 is 48.8 Å². The molecule has 1 rings (SSSR count). The average molecular weight is 461 g/mol. The smallest absolute Gasteiger partial charge is 0.303 e. The average Bonchev–Trinajstić information content (AvgIpc) is 2.60. The van der Waals surface area contributed by atoms with Gasteiger partial charge in [-0.2, -0.15) is 0 Å². The lowest BCUT2D eigenvalue weighted by atomic mass is 10.1. The van der Waals surface area contributed by atoms with Gasteiger partial charge in [-0.3, -0.25) is 19.2 Å². The number of hydrogen-bond acceptors (Lipinski definition) is 8. The standard InChI is InChI=1S/C20H22Cl2O8/c1-11(23)27-10-19(29-13(3)25)20(30-14(4)26)18(28-12(2)24)8-6-15-5-7-16(21)9-17(15)22/h5-9,18-20H,10H2,1-4H3/b8-6+/t18-,19+,20+/m1/s1. The van der Waals surface area contributed by atoms with Crippen LogP contribution in [-0.2, 0) is 38.1 Å². The van der Waals surface area contributed by atoms with E-state index in [1.54, 1.807) is 12.1 Å². The summed E-state index contributed by atoms with van der Waals surface area (Å²) in [4.78, 5) is 46.1. The third kappa shape index (κ3) is 9.28. The van der Waals surface area contributed by atoms with E-state index in [1.165, 1.54) is 18.2 Å². The maximum atomic E-state index is 11.7. The molecule has 0 aliphatic heterocycles. The number of esters is 4. The molecule has 8 nitrogen and oxygen atoms in total. The topological polar surface area (TPSA) is 105 Å². The summed E-state index contributed by atoms with van der Waals surface area (Å²) in [5.41, 5.74) is 0.545. The Balaban J connectivity index is 3.31. The molecule has 1 aromatic carbocycles. The molecule has 10 heteroatoms. The lowest BCUT2D eigenvalue weighted by Crippen LogP contribution is -2.46. The first-order valence-electron chi connectivity index (χ1n) is 8.78. The van der Waals surface area contributed by atoms with Gasteiger partial charge in [0.05, 0.1) is 0 Å². The van der Waals surface area contributed by atoms with Gasteiger partial charge in [0.25, 0.3) is 0 Å². The highest BCUT2D eigenvalue weighted by molar-refractivity contribution is 6.35. The molecule has 0 aliphatic carbocycles. The summed E-state index contributed by atoms with van der Waals surface area (Å²) in [5, 5.41) is 0.767. The Morgan fingerprint density at radius 3 is 2.00 bits per heavy atom. The van der Waals surface area contributed by atoms with E-state index in [0.29, 0.717) is 15.6 Å². The van der Waals surface area contributed by atoms with Crippen molar-refractivity contribution < 1.29 is 38.1 Å².